The highest BCUT2D eigenvalue weighted by atomic mass is 32.2. The largest absolute Gasteiger partial charge is 0.395 e. The van der Waals surface area contributed by atoms with Crippen molar-refractivity contribution in [3.05, 3.63) is 29.8 Å². The van der Waals surface area contributed by atoms with Crippen LogP contribution in [-0.2, 0) is 10.0 Å². The van der Waals surface area contributed by atoms with Crippen LogP contribution in [0.1, 0.15) is 13.3 Å². The van der Waals surface area contributed by atoms with Crippen molar-refractivity contribution in [1.29, 1.82) is 0 Å². The minimum Gasteiger partial charge on any atom is -0.395 e. The molecule has 1 unspecified atom stereocenters. The maximum Gasteiger partial charge on any atom is 0.243 e. The van der Waals surface area contributed by atoms with Crippen molar-refractivity contribution in [2.75, 3.05) is 6.61 Å². The van der Waals surface area contributed by atoms with Gasteiger partial charge in [-0.05, 0) is 18.6 Å². The maximum absolute atomic E-state index is 13.3. The minimum absolute atomic E-state index is 0.340. The Morgan fingerprint density at radius 2 is 2.06 bits per heavy atom. The second kappa shape index (κ2) is 5.52. The molecular weight excluding hydrogens is 252 g/mol. The van der Waals surface area contributed by atoms with E-state index < -0.39 is 39.2 Å². The first-order valence-electron chi connectivity index (χ1n) is 4.99. The Bertz CT molecular complexity index is 486. The molecule has 0 radical (unpaired) electrons. The highest BCUT2D eigenvalue weighted by molar-refractivity contribution is 7.89. The Kier molecular flexibility index (Phi) is 4.55. The predicted molar refractivity (Wildman–Crippen MR) is 57.8 cm³/mol. The molecule has 0 fully saturated rings. The minimum atomic E-state index is -4.16. The van der Waals surface area contributed by atoms with Crippen LogP contribution in [0.4, 0.5) is 8.78 Å². The first-order valence-corrected chi connectivity index (χ1v) is 6.48. The van der Waals surface area contributed by atoms with Crippen molar-refractivity contribution in [3.8, 4) is 0 Å². The van der Waals surface area contributed by atoms with E-state index in [9.17, 15) is 17.2 Å². The van der Waals surface area contributed by atoms with Crippen LogP contribution < -0.4 is 4.72 Å². The first kappa shape index (κ1) is 14.0. The van der Waals surface area contributed by atoms with Gasteiger partial charge in [0, 0.05) is 6.04 Å². The topological polar surface area (TPSA) is 66.4 Å². The van der Waals surface area contributed by atoms with Crippen molar-refractivity contribution in [2.45, 2.75) is 24.3 Å². The number of nitrogens with one attached hydrogen (secondary N) is 1. The lowest BCUT2D eigenvalue weighted by Crippen LogP contribution is -2.37. The lowest BCUT2D eigenvalue weighted by molar-refractivity contribution is 0.253. The highest BCUT2D eigenvalue weighted by Crippen LogP contribution is 2.17. The molecule has 0 heterocycles. The molecule has 1 atom stereocenters. The van der Waals surface area contributed by atoms with Crippen molar-refractivity contribution >= 4 is 10.0 Å². The van der Waals surface area contributed by atoms with Gasteiger partial charge in [0.15, 0.2) is 11.6 Å². The van der Waals surface area contributed by atoms with Crippen LogP contribution >= 0.6 is 0 Å². The van der Waals surface area contributed by atoms with Crippen LogP contribution in [0.3, 0.4) is 0 Å². The normalized spacial score (nSPS) is 13.6. The molecule has 1 aromatic rings. The van der Waals surface area contributed by atoms with Crippen molar-refractivity contribution in [1.82, 2.24) is 4.72 Å². The molecule has 0 saturated heterocycles. The highest BCUT2D eigenvalue weighted by Gasteiger charge is 2.23. The number of benzene rings is 1. The van der Waals surface area contributed by atoms with Gasteiger partial charge in [0.05, 0.1) is 6.61 Å². The van der Waals surface area contributed by atoms with E-state index in [-0.39, 0.29) is 0 Å². The Hall–Kier alpha value is -1.05. The third-order valence-corrected chi connectivity index (χ3v) is 3.78. The Balaban J connectivity index is 3.09. The fraction of sp³-hybridized carbons (Fsp3) is 0.400. The van der Waals surface area contributed by atoms with E-state index in [0.29, 0.717) is 6.42 Å². The summed E-state index contributed by atoms with van der Waals surface area (Å²) in [5.41, 5.74) is 0. The van der Waals surface area contributed by atoms with E-state index in [4.69, 9.17) is 5.11 Å². The fourth-order valence-electron chi connectivity index (χ4n) is 1.22. The number of aliphatic hydroxyl groups excluding tert-OH is 1. The van der Waals surface area contributed by atoms with Gasteiger partial charge in [-0.2, -0.15) is 0 Å². The van der Waals surface area contributed by atoms with Gasteiger partial charge in [-0.3, -0.25) is 0 Å². The predicted octanol–water partition coefficient (Wildman–Crippen LogP) is 1.01. The van der Waals surface area contributed by atoms with E-state index in [1.54, 1.807) is 6.92 Å². The molecule has 0 bridgehead atoms. The van der Waals surface area contributed by atoms with E-state index in [1.165, 1.54) is 0 Å². The van der Waals surface area contributed by atoms with Crippen molar-refractivity contribution in [2.24, 2.45) is 0 Å². The van der Waals surface area contributed by atoms with Crippen molar-refractivity contribution < 1.29 is 22.3 Å². The molecule has 17 heavy (non-hydrogen) atoms. The molecule has 2 N–H and O–H groups in total. The zero-order chi connectivity index (χ0) is 13.1. The smallest absolute Gasteiger partial charge is 0.243 e. The Morgan fingerprint density at radius 3 is 2.59 bits per heavy atom. The summed E-state index contributed by atoms with van der Waals surface area (Å²) >= 11 is 0. The molecule has 0 aliphatic rings. The molecule has 0 aliphatic carbocycles. The van der Waals surface area contributed by atoms with E-state index in [2.05, 4.69) is 4.72 Å². The summed E-state index contributed by atoms with van der Waals surface area (Å²) in [6, 6.07) is 2.18. The van der Waals surface area contributed by atoms with Crippen LogP contribution in [0.2, 0.25) is 0 Å². The zero-order valence-corrected chi connectivity index (χ0v) is 9.97. The SMILES string of the molecule is CCC(CO)NS(=O)(=O)c1cccc(F)c1F. The summed E-state index contributed by atoms with van der Waals surface area (Å²) in [5, 5.41) is 8.87. The van der Waals surface area contributed by atoms with Gasteiger partial charge in [0.2, 0.25) is 10.0 Å². The van der Waals surface area contributed by atoms with Crippen LogP contribution in [-0.4, -0.2) is 26.2 Å². The van der Waals surface area contributed by atoms with Crippen molar-refractivity contribution in [3.63, 3.8) is 0 Å². The van der Waals surface area contributed by atoms with E-state index in [1.807, 2.05) is 0 Å². The zero-order valence-electron chi connectivity index (χ0n) is 9.15. The number of hydrogen-bond donors (Lipinski definition) is 2. The number of rotatable bonds is 5. The van der Waals surface area contributed by atoms with Crippen LogP contribution in [0.5, 0.6) is 0 Å². The van der Waals surface area contributed by atoms with Crippen LogP contribution in [0.25, 0.3) is 0 Å². The van der Waals surface area contributed by atoms with E-state index >= 15 is 0 Å². The second-order valence-electron chi connectivity index (χ2n) is 3.46. The number of halogens is 2. The molecule has 96 valence electrons. The molecule has 1 aromatic carbocycles. The van der Waals surface area contributed by atoms with Crippen LogP contribution in [0.15, 0.2) is 23.1 Å². The number of hydrogen-bond acceptors (Lipinski definition) is 3. The lowest BCUT2D eigenvalue weighted by Gasteiger charge is -2.14. The first-order chi connectivity index (χ1) is 7.92. The summed E-state index contributed by atoms with van der Waals surface area (Å²) in [6.07, 6.45) is 0.340. The molecule has 4 nitrogen and oxygen atoms in total. The quantitative estimate of drug-likeness (QED) is 0.835. The Morgan fingerprint density at radius 1 is 1.41 bits per heavy atom. The summed E-state index contributed by atoms with van der Waals surface area (Å²) in [6.45, 7) is 1.25. The average Bonchev–Trinajstić information content (AvgIpc) is 2.29. The van der Waals surface area contributed by atoms with Gasteiger partial charge in [-0.15, -0.1) is 0 Å². The standard InChI is InChI=1S/C10H13F2NO3S/c1-2-7(6-14)13-17(15,16)9-5-3-4-8(11)10(9)12/h3-5,7,13-14H,2,6H2,1H3. The van der Waals surface area contributed by atoms with Gasteiger partial charge in [-0.25, -0.2) is 21.9 Å². The molecule has 0 spiro atoms. The Labute approximate surface area is 98.3 Å². The molecular formula is C10H13F2NO3S. The third-order valence-electron chi connectivity index (χ3n) is 2.24. The second-order valence-corrected chi connectivity index (χ2v) is 5.14. The fourth-order valence-corrected chi connectivity index (χ4v) is 2.62. The van der Waals surface area contributed by atoms with Gasteiger partial charge in [0.1, 0.15) is 4.90 Å². The summed E-state index contributed by atoms with van der Waals surface area (Å²) in [5.74, 6) is -2.65. The molecule has 0 aliphatic heterocycles. The third kappa shape index (κ3) is 3.21. The van der Waals surface area contributed by atoms with E-state index in [0.717, 1.165) is 18.2 Å². The summed E-state index contributed by atoms with van der Waals surface area (Å²) in [7, 11) is -4.16. The van der Waals surface area contributed by atoms with Crippen LogP contribution in [0, 0.1) is 11.6 Å². The average molecular weight is 265 g/mol. The maximum atomic E-state index is 13.3. The molecule has 0 amide bonds. The molecule has 7 heteroatoms. The number of sulfonamides is 1. The molecule has 0 saturated carbocycles. The van der Waals surface area contributed by atoms with Gasteiger partial charge < -0.3 is 5.11 Å². The van der Waals surface area contributed by atoms with Gasteiger partial charge in [0.25, 0.3) is 0 Å². The number of aliphatic hydroxyl groups is 1. The monoisotopic (exact) mass is 265 g/mol. The molecule has 1 rings (SSSR count). The van der Waals surface area contributed by atoms with Gasteiger partial charge in [-0.1, -0.05) is 13.0 Å². The van der Waals surface area contributed by atoms with Gasteiger partial charge >= 0.3 is 0 Å². The molecule has 0 aromatic heterocycles. The summed E-state index contributed by atoms with van der Waals surface area (Å²) in [4.78, 5) is -0.760. The lowest BCUT2D eigenvalue weighted by atomic mass is 10.3. The summed E-state index contributed by atoms with van der Waals surface area (Å²) < 4.78 is 51.7.